The Morgan fingerprint density at radius 1 is 0.889 bits per heavy atom. The van der Waals surface area contributed by atoms with E-state index in [-0.39, 0.29) is 0 Å². The predicted octanol–water partition coefficient (Wildman–Crippen LogP) is 2.76. The second-order valence-corrected chi connectivity index (χ2v) is 4.15. The van der Waals surface area contributed by atoms with Gasteiger partial charge >= 0.3 is 0 Å². The summed E-state index contributed by atoms with van der Waals surface area (Å²) in [5, 5.41) is 2.36. The maximum atomic E-state index is 5.55. The van der Waals surface area contributed by atoms with E-state index in [0.29, 0.717) is 6.54 Å². The lowest BCUT2D eigenvalue weighted by molar-refractivity contribution is 1.01. The van der Waals surface area contributed by atoms with Crippen molar-refractivity contribution in [2.75, 3.05) is 0 Å². The van der Waals surface area contributed by atoms with Crippen LogP contribution in [0.1, 0.15) is 5.56 Å². The van der Waals surface area contributed by atoms with Crippen molar-refractivity contribution in [2.24, 2.45) is 5.73 Å². The molecule has 1 aromatic heterocycles. The summed E-state index contributed by atoms with van der Waals surface area (Å²) < 4.78 is 0. The number of hydrogen-bond acceptors (Lipinski definition) is 3. The third-order valence-electron chi connectivity index (χ3n) is 2.97. The first-order valence-electron chi connectivity index (χ1n) is 5.87. The fraction of sp³-hybridized carbons (Fsp3) is 0.0667. The molecule has 3 aromatic rings. The molecule has 18 heavy (non-hydrogen) atoms. The Hall–Kier alpha value is -2.26. The summed E-state index contributed by atoms with van der Waals surface area (Å²) >= 11 is 0. The normalized spacial score (nSPS) is 10.7. The zero-order valence-corrected chi connectivity index (χ0v) is 9.88. The smallest absolute Gasteiger partial charge is 0.159 e. The quantitative estimate of drug-likeness (QED) is 0.743. The van der Waals surface area contributed by atoms with Crippen LogP contribution in [0.15, 0.2) is 54.9 Å². The summed E-state index contributed by atoms with van der Waals surface area (Å²) in [5.74, 6) is 0.740. The summed E-state index contributed by atoms with van der Waals surface area (Å²) in [6, 6.07) is 14.4. The molecular weight excluding hydrogens is 222 g/mol. The van der Waals surface area contributed by atoms with E-state index in [1.165, 1.54) is 10.8 Å². The van der Waals surface area contributed by atoms with E-state index in [1.807, 2.05) is 24.3 Å². The highest BCUT2D eigenvalue weighted by molar-refractivity contribution is 5.94. The zero-order chi connectivity index (χ0) is 12.4. The summed E-state index contributed by atoms with van der Waals surface area (Å²) in [4.78, 5) is 8.76. The van der Waals surface area contributed by atoms with Gasteiger partial charge in [0.15, 0.2) is 5.82 Å². The SMILES string of the molecule is NCc1cnc(-c2cccc3ccccc23)nc1. The maximum absolute atomic E-state index is 5.55. The van der Waals surface area contributed by atoms with E-state index in [1.54, 1.807) is 12.4 Å². The molecule has 3 heteroatoms. The third-order valence-corrected chi connectivity index (χ3v) is 2.97. The lowest BCUT2D eigenvalue weighted by Gasteiger charge is -2.05. The van der Waals surface area contributed by atoms with Crippen molar-refractivity contribution < 1.29 is 0 Å². The standard InChI is InChI=1S/C15H13N3/c16-8-11-9-17-15(18-10-11)14-7-3-5-12-4-1-2-6-13(12)14/h1-7,9-10H,8,16H2. The van der Waals surface area contributed by atoms with Crippen LogP contribution < -0.4 is 5.73 Å². The van der Waals surface area contributed by atoms with Gasteiger partial charge in [-0.3, -0.25) is 0 Å². The molecule has 0 spiro atoms. The van der Waals surface area contributed by atoms with Crippen LogP contribution in [-0.2, 0) is 6.54 Å². The van der Waals surface area contributed by atoms with Crippen LogP contribution in [-0.4, -0.2) is 9.97 Å². The van der Waals surface area contributed by atoms with Crippen molar-refractivity contribution in [3.8, 4) is 11.4 Å². The van der Waals surface area contributed by atoms with Crippen LogP contribution in [0.3, 0.4) is 0 Å². The van der Waals surface area contributed by atoms with Crippen molar-refractivity contribution in [1.29, 1.82) is 0 Å². The Morgan fingerprint density at radius 2 is 1.61 bits per heavy atom. The molecule has 0 amide bonds. The lowest BCUT2D eigenvalue weighted by atomic mass is 10.0. The number of nitrogens with zero attached hydrogens (tertiary/aromatic N) is 2. The molecule has 0 atom stereocenters. The number of fused-ring (bicyclic) bond motifs is 1. The van der Waals surface area contributed by atoms with Crippen molar-refractivity contribution in [1.82, 2.24) is 9.97 Å². The van der Waals surface area contributed by atoms with Crippen molar-refractivity contribution in [2.45, 2.75) is 6.54 Å². The molecule has 0 bridgehead atoms. The first-order chi connectivity index (χ1) is 8.88. The highest BCUT2D eigenvalue weighted by Gasteiger charge is 2.05. The number of aromatic nitrogens is 2. The van der Waals surface area contributed by atoms with E-state index >= 15 is 0 Å². The molecule has 0 aliphatic heterocycles. The Balaban J connectivity index is 2.18. The van der Waals surface area contributed by atoms with Gasteiger partial charge in [0, 0.05) is 30.1 Å². The van der Waals surface area contributed by atoms with Gasteiger partial charge in [-0.15, -0.1) is 0 Å². The van der Waals surface area contributed by atoms with Crippen molar-refractivity contribution in [3.05, 3.63) is 60.4 Å². The molecule has 0 saturated heterocycles. The van der Waals surface area contributed by atoms with Crippen molar-refractivity contribution in [3.63, 3.8) is 0 Å². The molecule has 0 aliphatic rings. The molecule has 1 heterocycles. The molecule has 3 rings (SSSR count). The minimum absolute atomic E-state index is 0.468. The van der Waals surface area contributed by atoms with Gasteiger partial charge in [-0.25, -0.2) is 9.97 Å². The molecule has 3 nitrogen and oxygen atoms in total. The van der Waals surface area contributed by atoms with Gasteiger partial charge in [0.2, 0.25) is 0 Å². The van der Waals surface area contributed by atoms with Gasteiger partial charge in [-0.1, -0.05) is 42.5 Å². The number of nitrogens with two attached hydrogens (primary N) is 1. The van der Waals surface area contributed by atoms with Gasteiger partial charge < -0.3 is 5.73 Å². The summed E-state index contributed by atoms with van der Waals surface area (Å²) in [6.07, 6.45) is 3.56. The average Bonchev–Trinajstić information content (AvgIpc) is 2.47. The second kappa shape index (κ2) is 4.55. The number of rotatable bonds is 2. The number of benzene rings is 2. The minimum atomic E-state index is 0.468. The fourth-order valence-electron chi connectivity index (χ4n) is 2.02. The molecular formula is C15H13N3. The highest BCUT2D eigenvalue weighted by atomic mass is 14.9. The average molecular weight is 235 g/mol. The van der Waals surface area contributed by atoms with Crippen LogP contribution in [0.5, 0.6) is 0 Å². The van der Waals surface area contributed by atoms with E-state index in [9.17, 15) is 0 Å². The van der Waals surface area contributed by atoms with Crippen LogP contribution in [0.4, 0.5) is 0 Å². The van der Waals surface area contributed by atoms with Crippen LogP contribution in [0, 0.1) is 0 Å². The third kappa shape index (κ3) is 1.85. The van der Waals surface area contributed by atoms with Crippen LogP contribution in [0.2, 0.25) is 0 Å². The Morgan fingerprint density at radius 3 is 2.39 bits per heavy atom. The molecule has 0 saturated carbocycles. The van der Waals surface area contributed by atoms with E-state index in [0.717, 1.165) is 17.0 Å². The topological polar surface area (TPSA) is 51.8 Å². The first kappa shape index (κ1) is 10.9. The first-order valence-corrected chi connectivity index (χ1v) is 5.87. The monoisotopic (exact) mass is 235 g/mol. The lowest BCUT2D eigenvalue weighted by Crippen LogP contribution is -1.99. The van der Waals surface area contributed by atoms with Crippen LogP contribution >= 0.6 is 0 Å². The maximum Gasteiger partial charge on any atom is 0.159 e. The summed E-state index contributed by atoms with van der Waals surface area (Å²) in [7, 11) is 0. The molecule has 2 aromatic carbocycles. The predicted molar refractivity (Wildman–Crippen MR) is 72.9 cm³/mol. The summed E-state index contributed by atoms with van der Waals surface area (Å²) in [6.45, 7) is 0.468. The highest BCUT2D eigenvalue weighted by Crippen LogP contribution is 2.25. The van der Waals surface area contributed by atoms with E-state index in [4.69, 9.17) is 5.73 Å². The second-order valence-electron chi connectivity index (χ2n) is 4.15. The van der Waals surface area contributed by atoms with Crippen LogP contribution in [0.25, 0.3) is 22.2 Å². The van der Waals surface area contributed by atoms with Gasteiger partial charge in [-0.05, 0) is 10.8 Å². The molecule has 0 radical (unpaired) electrons. The molecule has 2 N–H and O–H groups in total. The Bertz CT molecular complexity index is 669. The summed E-state index contributed by atoms with van der Waals surface area (Å²) in [5.41, 5.74) is 7.55. The van der Waals surface area contributed by atoms with E-state index < -0.39 is 0 Å². The molecule has 0 unspecified atom stereocenters. The zero-order valence-electron chi connectivity index (χ0n) is 9.88. The number of hydrogen-bond donors (Lipinski definition) is 1. The Kier molecular flexibility index (Phi) is 2.74. The van der Waals surface area contributed by atoms with Crippen molar-refractivity contribution >= 4 is 10.8 Å². The minimum Gasteiger partial charge on any atom is -0.326 e. The fourth-order valence-corrected chi connectivity index (χ4v) is 2.02. The van der Waals surface area contributed by atoms with Gasteiger partial charge in [0.1, 0.15) is 0 Å². The molecule has 88 valence electrons. The molecule has 0 aliphatic carbocycles. The van der Waals surface area contributed by atoms with Gasteiger partial charge in [0.25, 0.3) is 0 Å². The van der Waals surface area contributed by atoms with Gasteiger partial charge in [-0.2, -0.15) is 0 Å². The van der Waals surface area contributed by atoms with E-state index in [2.05, 4.69) is 28.2 Å². The largest absolute Gasteiger partial charge is 0.326 e. The Labute approximate surface area is 105 Å². The molecule has 0 fully saturated rings. The van der Waals surface area contributed by atoms with Gasteiger partial charge in [0.05, 0.1) is 0 Å².